The van der Waals surface area contributed by atoms with Crippen LogP contribution in [0.1, 0.15) is 36.3 Å². The van der Waals surface area contributed by atoms with E-state index in [2.05, 4.69) is 10.4 Å². The number of benzene rings is 2. The van der Waals surface area contributed by atoms with Crippen LogP contribution in [0.3, 0.4) is 0 Å². The predicted molar refractivity (Wildman–Crippen MR) is 109 cm³/mol. The second kappa shape index (κ2) is 6.53. The van der Waals surface area contributed by atoms with Gasteiger partial charge in [-0.2, -0.15) is 0 Å². The normalized spacial score (nSPS) is 18.5. The van der Waals surface area contributed by atoms with Crippen LogP contribution in [-0.2, 0) is 4.79 Å². The molecule has 1 aliphatic heterocycles. The number of ketones is 1. The molecule has 1 atom stereocenters. The average Bonchev–Trinajstić information content (AvgIpc) is 3.04. The Kier molecular flexibility index (Phi) is 3.98. The molecule has 2 aliphatic rings. The van der Waals surface area contributed by atoms with E-state index in [1.54, 1.807) is 6.07 Å². The van der Waals surface area contributed by atoms with E-state index >= 15 is 0 Å². The number of nitrogens with zero attached hydrogens (tertiary/aromatic N) is 1. The number of anilines is 1. The molecule has 0 saturated carbocycles. The molecule has 5 nitrogen and oxygen atoms in total. The number of carbonyl (C=O) groups excluding carboxylic acids is 1. The molecule has 0 fully saturated rings. The number of aromatic nitrogens is 2. The van der Waals surface area contributed by atoms with Gasteiger partial charge in [0.2, 0.25) is 0 Å². The van der Waals surface area contributed by atoms with Crippen molar-refractivity contribution in [2.45, 2.75) is 25.2 Å². The summed E-state index contributed by atoms with van der Waals surface area (Å²) in [6.07, 6.45) is 2.08. The van der Waals surface area contributed by atoms with Crippen molar-refractivity contribution in [3.8, 4) is 5.69 Å². The highest BCUT2D eigenvalue weighted by atomic mass is 35.5. The van der Waals surface area contributed by atoms with Crippen LogP contribution in [-0.4, -0.2) is 15.6 Å². The van der Waals surface area contributed by atoms with Crippen molar-refractivity contribution < 1.29 is 4.79 Å². The first-order valence-electron chi connectivity index (χ1n) is 9.33. The Hall–Kier alpha value is -3.05. The Labute approximate surface area is 166 Å². The number of aromatic amines is 1. The van der Waals surface area contributed by atoms with Gasteiger partial charge in [0.15, 0.2) is 5.78 Å². The molecular weight excluding hydrogens is 374 g/mol. The van der Waals surface area contributed by atoms with E-state index in [4.69, 9.17) is 11.6 Å². The Morgan fingerprint density at radius 3 is 2.50 bits per heavy atom. The first-order valence-corrected chi connectivity index (χ1v) is 9.71. The summed E-state index contributed by atoms with van der Waals surface area (Å²) < 4.78 is 1.52. The van der Waals surface area contributed by atoms with Crippen LogP contribution in [0.15, 0.2) is 70.7 Å². The number of carbonyl (C=O) groups is 1. The van der Waals surface area contributed by atoms with Gasteiger partial charge in [-0.3, -0.25) is 14.7 Å². The van der Waals surface area contributed by atoms with Gasteiger partial charge in [0.25, 0.3) is 5.56 Å². The van der Waals surface area contributed by atoms with Gasteiger partial charge in [-0.15, -0.1) is 0 Å². The highest BCUT2D eigenvalue weighted by Gasteiger charge is 2.39. The fourth-order valence-corrected chi connectivity index (χ4v) is 4.46. The minimum atomic E-state index is -0.471. The van der Waals surface area contributed by atoms with Crippen molar-refractivity contribution in [3.63, 3.8) is 0 Å². The van der Waals surface area contributed by atoms with Gasteiger partial charge >= 0.3 is 0 Å². The van der Waals surface area contributed by atoms with Crippen LogP contribution >= 0.6 is 11.6 Å². The predicted octanol–water partition coefficient (Wildman–Crippen LogP) is 4.38. The maximum Gasteiger partial charge on any atom is 0.277 e. The third kappa shape index (κ3) is 2.54. The molecule has 0 amide bonds. The molecule has 0 radical (unpaired) electrons. The number of halogens is 1. The molecule has 3 aromatic rings. The summed E-state index contributed by atoms with van der Waals surface area (Å²) in [5.41, 5.74) is 3.43. The van der Waals surface area contributed by atoms with Crippen LogP contribution in [0.25, 0.3) is 5.69 Å². The number of allylic oxidation sites excluding steroid dienone is 2. The summed E-state index contributed by atoms with van der Waals surface area (Å²) in [5, 5.41) is 7.06. The van der Waals surface area contributed by atoms with E-state index in [0.717, 1.165) is 29.8 Å². The van der Waals surface area contributed by atoms with E-state index in [0.29, 0.717) is 28.4 Å². The van der Waals surface area contributed by atoms with Crippen LogP contribution in [0.4, 0.5) is 5.82 Å². The molecule has 5 rings (SSSR count). The van der Waals surface area contributed by atoms with Gasteiger partial charge < -0.3 is 5.32 Å². The van der Waals surface area contributed by atoms with E-state index in [9.17, 15) is 9.59 Å². The second-order valence-corrected chi connectivity index (χ2v) is 7.53. The van der Waals surface area contributed by atoms with Crippen LogP contribution in [0.2, 0.25) is 5.02 Å². The smallest absolute Gasteiger partial charge is 0.277 e. The summed E-state index contributed by atoms with van der Waals surface area (Å²) in [6.45, 7) is 0. The monoisotopic (exact) mass is 391 g/mol. The summed E-state index contributed by atoms with van der Waals surface area (Å²) >= 11 is 6.51. The SMILES string of the molecule is O=C1CCCC2=C1[C@H](c1ccccc1Cl)c1c([nH]n(-c3ccccc3)c1=O)N2. The van der Waals surface area contributed by atoms with E-state index in [1.165, 1.54) is 4.68 Å². The lowest BCUT2D eigenvalue weighted by Crippen LogP contribution is -2.30. The van der Waals surface area contributed by atoms with Crippen LogP contribution < -0.4 is 10.9 Å². The van der Waals surface area contributed by atoms with Crippen molar-refractivity contribution in [1.29, 1.82) is 0 Å². The van der Waals surface area contributed by atoms with Gasteiger partial charge in [-0.1, -0.05) is 48.0 Å². The Bertz CT molecular complexity index is 1170. The molecule has 0 spiro atoms. The number of rotatable bonds is 2. The Morgan fingerprint density at radius 2 is 1.71 bits per heavy atom. The number of hydrogen-bond donors (Lipinski definition) is 2. The van der Waals surface area contributed by atoms with E-state index in [1.807, 2.05) is 48.5 Å². The first kappa shape index (κ1) is 17.1. The maximum absolute atomic E-state index is 13.4. The second-order valence-electron chi connectivity index (χ2n) is 7.13. The highest BCUT2D eigenvalue weighted by Crippen LogP contribution is 2.45. The van der Waals surface area contributed by atoms with Crippen molar-refractivity contribution in [3.05, 3.63) is 92.4 Å². The van der Waals surface area contributed by atoms with E-state index < -0.39 is 5.92 Å². The maximum atomic E-state index is 13.4. The van der Waals surface area contributed by atoms with Gasteiger partial charge in [-0.05, 0) is 36.6 Å². The summed E-state index contributed by atoms with van der Waals surface area (Å²) in [5.74, 6) is 0.241. The molecule has 0 unspecified atom stereocenters. The third-order valence-corrected chi connectivity index (χ3v) is 5.81. The van der Waals surface area contributed by atoms with Gasteiger partial charge in [-0.25, -0.2) is 4.68 Å². The first-order chi connectivity index (χ1) is 13.6. The Balaban J connectivity index is 1.78. The molecule has 140 valence electrons. The molecule has 2 aromatic carbocycles. The fourth-order valence-electron chi connectivity index (χ4n) is 4.22. The van der Waals surface area contributed by atoms with E-state index in [-0.39, 0.29) is 11.3 Å². The third-order valence-electron chi connectivity index (χ3n) is 5.47. The largest absolute Gasteiger partial charge is 0.343 e. The number of para-hydroxylation sites is 1. The lowest BCUT2D eigenvalue weighted by Gasteiger charge is -2.31. The zero-order valence-corrected chi connectivity index (χ0v) is 15.8. The quantitative estimate of drug-likeness (QED) is 0.681. The minimum absolute atomic E-state index is 0.0798. The Morgan fingerprint density at radius 1 is 0.964 bits per heavy atom. The molecular formula is C22H18ClN3O2. The summed E-state index contributed by atoms with van der Waals surface area (Å²) in [4.78, 5) is 26.3. The zero-order valence-electron chi connectivity index (χ0n) is 15.0. The summed E-state index contributed by atoms with van der Waals surface area (Å²) in [6, 6.07) is 16.8. The van der Waals surface area contributed by atoms with Gasteiger partial charge in [0.1, 0.15) is 5.82 Å². The standard InChI is InChI=1S/C22H18ClN3O2/c23-15-10-5-4-9-14(15)18-19-16(11-6-12-17(19)27)24-21-20(18)22(28)26(25-21)13-7-2-1-3-8-13/h1-5,7-10,18,24-25H,6,11-12H2/t18-/m0/s1. The molecule has 1 aromatic heterocycles. The number of hydrogen-bond acceptors (Lipinski definition) is 3. The van der Waals surface area contributed by atoms with Crippen LogP contribution in [0.5, 0.6) is 0 Å². The van der Waals surface area contributed by atoms with Gasteiger partial charge in [0, 0.05) is 28.6 Å². The number of Topliss-reactive ketones (excluding diaryl/α,β-unsaturated/α-hetero) is 1. The molecule has 28 heavy (non-hydrogen) atoms. The molecule has 0 bridgehead atoms. The highest BCUT2D eigenvalue weighted by molar-refractivity contribution is 6.31. The molecule has 1 aliphatic carbocycles. The zero-order chi connectivity index (χ0) is 19.3. The lowest BCUT2D eigenvalue weighted by atomic mass is 9.77. The number of fused-ring (bicyclic) bond motifs is 1. The average molecular weight is 392 g/mol. The number of nitrogens with one attached hydrogen (secondary N) is 2. The topological polar surface area (TPSA) is 66.9 Å². The molecule has 0 saturated heterocycles. The molecule has 2 N–H and O–H groups in total. The summed E-state index contributed by atoms with van der Waals surface area (Å²) in [7, 11) is 0. The fraction of sp³-hybridized carbons (Fsp3) is 0.182. The van der Waals surface area contributed by atoms with Crippen molar-refractivity contribution >= 4 is 23.2 Å². The van der Waals surface area contributed by atoms with Crippen LogP contribution in [0, 0.1) is 0 Å². The minimum Gasteiger partial charge on any atom is -0.343 e. The van der Waals surface area contributed by atoms with Crippen molar-refractivity contribution in [1.82, 2.24) is 9.78 Å². The van der Waals surface area contributed by atoms with Gasteiger partial charge in [0.05, 0.1) is 11.3 Å². The van der Waals surface area contributed by atoms with Crippen molar-refractivity contribution in [2.75, 3.05) is 5.32 Å². The number of H-pyrrole nitrogens is 1. The molecule has 6 heteroatoms. The molecule has 2 heterocycles. The lowest BCUT2D eigenvalue weighted by molar-refractivity contribution is -0.116. The van der Waals surface area contributed by atoms with Crippen molar-refractivity contribution in [2.24, 2.45) is 0 Å².